The van der Waals surface area contributed by atoms with Gasteiger partial charge in [0, 0.05) is 7.05 Å². The normalized spacial score (nSPS) is 23.8. The topological polar surface area (TPSA) is 57.6 Å². The van der Waals surface area contributed by atoms with Gasteiger partial charge in [0.1, 0.15) is 5.82 Å². The van der Waals surface area contributed by atoms with Gasteiger partial charge in [0.05, 0.1) is 17.5 Å². The Balaban J connectivity index is 2.23. The zero-order valence-electron chi connectivity index (χ0n) is 11.1. The minimum Gasteiger partial charge on any atom is -0.481 e. The molecule has 1 aromatic carbocycles. The number of aliphatic carboxylic acids is 1. The van der Waals surface area contributed by atoms with Crippen molar-refractivity contribution in [3.8, 4) is 0 Å². The number of benzene rings is 1. The van der Waals surface area contributed by atoms with E-state index in [2.05, 4.69) is 0 Å². The van der Waals surface area contributed by atoms with Crippen molar-refractivity contribution in [2.75, 3.05) is 11.9 Å². The molecular formula is C14H16FNO3. The molecule has 1 saturated carbocycles. The van der Waals surface area contributed by atoms with Crippen LogP contribution < -0.4 is 4.90 Å². The van der Waals surface area contributed by atoms with Crippen molar-refractivity contribution >= 4 is 17.6 Å². The van der Waals surface area contributed by atoms with Crippen LogP contribution in [0.25, 0.3) is 0 Å². The van der Waals surface area contributed by atoms with Gasteiger partial charge in [0.25, 0.3) is 0 Å². The van der Waals surface area contributed by atoms with E-state index in [4.69, 9.17) is 5.11 Å². The highest BCUT2D eigenvalue weighted by atomic mass is 19.1. The fourth-order valence-electron chi connectivity index (χ4n) is 2.61. The largest absolute Gasteiger partial charge is 0.481 e. The number of carboxylic acid groups (broad SMARTS) is 1. The SMILES string of the molecule is CN(C(=O)[C@H]1[C@@H](C(=O)O)C1(C)C)c1ccccc1F. The van der Waals surface area contributed by atoms with Crippen molar-refractivity contribution < 1.29 is 19.1 Å². The highest BCUT2D eigenvalue weighted by Gasteiger charge is 2.66. The van der Waals surface area contributed by atoms with E-state index in [1.165, 1.54) is 30.1 Å². The van der Waals surface area contributed by atoms with Gasteiger partial charge in [-0.05, 0) is 17.5 Å². The fourth-order valence-corrected chi connectivity index (χ4v) is 2.61. The van der Waals surface area contributed by atoms with E-state index in [9.17, 15) is 14.0 Å². The Morgan fingerprint density at radius 3 is 2.32 bits per heavy atom. The third-order valence-corrected chi connectivity index (χ3v) is 3.90. The van der Waals surface area contributed by atoms with Gasteiger partial charge in [0.2, 0.25) is 5.91 Å². The summed E-state index contributed by atoms with van der Waals surface area (Å²) in [5, 5.41) is 9.07. The predicted molar refractivity (Wildman–Crippen MR) is 68.2 cm³/mol. The quantitative estimate of drug-likeness (QED) is 0.911. The fraction of sp³-hybridized carbons (Fsp3) is 0.429. The molecule has 5 heteroatoms. The van der Waals surface area contributed by atoms with Gasteiger partial charge in [-0.3, -0.25) is 9.59 Å². The molecule has 2 atom stereocenters. The average Bonchev–Trinajstić information content (AvgIpc) is 2.91. The van der Waals surface area contributed by atoms with Crippen LogP contribution in [0, 0.1) is 23.1 Å². The van der Waals surface area contributed by atoms with E-state index >= 15 is 0 Å². The maximum absolute atomic E-state index is 13.6. The molecule has 0 saturated heterocycles. The van der Waals surface area contributed by atoms with Crippen LogP contribution in [-0.2, 0) is 9.59 Å². The molecule has 4 nitrogen and oxygen atoms in total. The molecule has 1 amide bonds. The molecule has 0 aliphatic heterocycles. The summed E-state index contributed by atoms with van der Waals surface area (Å²) in [4.78, 5) is 24.6. The number of amides is 1. The Morgan fingerprint density at radius 1 is 1.26 bits per heavy atom. The molecule has 1 aromatic rings. The summed E-state index contributed by atoms with van der Waals surface area (Å²) in [6.07, 6.45) is 0. The third kappa shape index (κ3) is 2.09. The molecule has 0 unspecified atom stereocenters. The Morgan fingerprint density at radius 2 is 1.84 bits per heavy atom. The Hall–Kier alpha value is -1.91. The molecule has 0 aromatic heterocycles. The summed E-state index contributed by atoms with van der Waals surface area (Å²) >= 11 is 0. The lowest BCUT2D eigenvalue weighted by Gasteiger charge is -2.18. The Kier molecular flexibility index (Phi) is 3.08. The lowest BCUT2D eigenvalue weighted by atomic mass is 10.1. The minimum absolute atomic E-state index is 0.166. The number of nitrogens with zero attached hydrogens (tertiary/aromatic N) is 1. The van der Waals surface area contributed by atoms with Crippen molar-refractivity contribution in [2.24, 2.45) is 17.3 Å². The predicted octanol–water partition coefficient (Wildman–Crippen LogP) is 2.15. The molecule has 1 aliphatic carbocycles. The monoisotopic (exact) mass is 265 g/mol. The number of carbonyl (C=O) groups excluding carboxylic acids is 1. The van der Waals surface area contributed by atoms with Gasteiger partial charge < -0.3 is 10.0 Å². The van der Waals surface area contributed by atoms with Crippen molar-refractivity contribution in [1.82, 2.24) is 0 Å². The molecule has 102 valence electrons. The molecule has 1 N–H and O–H groups in total. The Bertz CT molecular complexity index is 541. The highest BCUT2D eigenvalue weighted by molar-refractivity contribution is 6.01. The zero-order valence-corrected chi connectivity index (χ0v) is 11.1. The Labute approximate surface area is 110 Å². The van der Waals surface area contributed by atoms with Crippen LogP contribution in [0.2, 0.25) is 0 Å². The molecule has 0 bridgehead atoms. The molecule has 0 heterocycles. The van der Waals surface area contributed by atoms with Crippen LogP contribution in [0.1, 0.15) is 13.8 Å². The van der Waals surface area contributed by atoms with Crippen LogP contribution in [-0.4, -0.2) is 24.0 Å². The number of anilines is 1. The number of hydrogen-bond donors (Lipinski definition) is 1. The van der Waals surface area contributed by atoms with E-state index in [1.54, 1.807) is 19.9 Å². The number of rotatable bonds is 3. The number of halogens is 1. The van der Waals surface area contributed by atoms with Gasteiger partial charge >= 0.3 is 5.97 Å². The first-order valence-corrected chi connectivity index (χ1v) is 6.03. The summed E-state index contributed by atoms with van der Waals surface area (Å²) in [5.74, 6) is -3.14. The molecular weight excluding hydrogens is 249 g/mol. The maximum Gasteiger partial charge on any atom is 0.307 e. The van der Waals surface area contributed by atoms with Crippen LogP contribution in [0.3, 0.4) is 0 Å². The number of para-hydroxylation sites is 1. The van der Waals surface area contributed by atoms with Gasteiger partial charge in [-0.15, -0.1) is 0 Å². The lowest BCUT2D eigenvalue weighted by Crippen LogP contribution is -2.30. The second kappa shape index (κ2) is 4.33. The van der Waals surface area contributed by atoms with E-state index in [-0.39, 0.29) is 11.6 Å². The second-order valence-electron chi connectivity index (χ2n) is 5.46. The van der Waals surface area contributed by atoms with E-state index in [0.717, 1.165) is 0 Å². The first-order valence-electron chi connectivity index (χ1n) is 6.03. The maximum atomic E-state index is 13.6. The standard InChI is InChI=1S/C14H16FNO3/c1-14(2)10(11(14)13(18)19)12(17)16(3)9-7-5-4-6-8(9)15/h4-7,10-11H,1-3H3,(H,18,19)/t10-,11+/m1/s1. The molecule has 19 heavy (non-hydrogen) atoms. The molecule has 1 fully saturated rings. The summed E-state index contributed by atoms with van der Waals surface area (Å²) in [6, 6.07) is 5.94. The smallest absolute Gasteiger partial charge is 0.307 e. The third-order valence-electron chi connectivity index (χ3n) is 3.90. The second-order valence-corrected chi connectivity index (χ2v) is 5.46. The van der Waals surface area contributed by atoms with Crippen LogP contribution in [0.5, 0.6) is 0 Å². The number of carboxylic acids is 1. The highest BCUT2D eigenvalue weighted by Crippen LogP contribution is 2.59. The summed E-state index contributed by atoms with van der Waals surface area (Å²) in [6.45, 7) is 3.48. The molecule has 1 aliphatic rings. The van der Waals surface area contributed by atoms with Crippen molar-refractivity contribution in [3.63, 3.8) is 0 Å². The first kappa shape index (κ1) is 13.5. The summed E-state index contributed by atoms with van der Waals surface area (Å²) in [5.41, 5.74) is -0.415. The van der Waals surface area contributed by atoms with Crippen LogP contribution in [0.4, 0.5) is 10.1 Å². The summed E-state index contributed by atoms with van der Waals surface area (Å²) < 4.78 is 13.6. The van der Waals surface area contributed by atoms with Crippen LogP contribution >= 0.6 is 0 Å². The molecule has 0 spiro atoms. The van der Waals surface area contributed by atoms with Crippen molar-refractivity contribution in [1.29, 1.82) is 0 Å². The van der Waals surface area contributed by atoms with E-state index in [1.807, 2.05) is 0 Å². The lowest BCUT2D eigenvalue weighted by molar-refractivity contribution is -0.140. The van der Waals surface area contributed by atoms with E-state index < -0.39 is 29.0 Å². The van der Waals surface area contributed by atoms with Crippen molar-refractivity contribution in [3.05, 3.63) is 30.1 Å². The zero-order chi connectivity index (χ0) is 14.4. The number of carbonyl (C=O) groups is 2. The van der Waals surface area contributed by atoms with Crippen LogP contribution in [0.15, 0.2) is 24.3 Å². The van der Waals surface area contributed by atoms with Gasteiger partial charge in [-0.25, -0.2) is 4.39 Å². The summed E-state index contributed by atoms with van der Waals surface area (Å²) in [7, 11) is 1.47. The van der Waals surface area contributed by atoms with Gasteiger partial charge in [0.15, 0.2) is 0 Å². The molecule has 2 rings (SSSR count). The molecule has 0 radical (unpaired) electrons. The minimum atomic E-state index is -0.981. The van der Waals surface area contributed by atoms with Gasteiger partial charge in [-0.1, -0.05) is 26.0 Å². The van der Waals surface area contributed by atoms with Gasteiger partial charge in [-0.2, -0.15) is 0 Å². The first-order chi connectivity index (χ1) is 8.78. The van der Waals surface area contributed by atoms with E-state index in [0.29, 0.717) is 0 Å². The van der Waals surface area contributed by atoms with Crippen molar-refractivity contribution in [2.45, 2.75) is 13.8 Å². The number of hydrogen-bond acceptors (Lipinski definition) is 2. The average molecular weight is 265 g/mol.